The van der Waals surface area contributed by atoms with E-state index in [4.69, 9.17) is 28.9 Å². The predicted octanol–water partition coefficient (Wildman–Crippen LogP) is 4.40. The summed E-state index contributed by atoms with van der Waals surface area (Å²) in [5, 5.41) is 0.810. The molecule has 2 aromatic carbocycles. The summed E-state index contributed by atoms with van der Waals surface area (Å²) in [5.74, 6) is -1.82. The Labute approximate surface area is 113 Å². The van der Waals surface area contributed by atoms with E-state index in [1.165, 1.54) is 6.07 Å². The minimum absolute atomic E-state index is 0.176. The summed E-state index contributed by atoms with van der Waals surface area (Å²) in [6, 6.07) is 6.87. The molecule has 0 aliphatic heterocycles. The molecule has 18 heavy (non-hydrogen) atoms. The van der Waals surface area contributed by atoms with E-state index in [2.05, 4.69) is 0 Å². The lowest BCUT2D eigenvalue weighted by Gasteiger charge is -2.10. The molecule has 2 aromatic rings. The van der Waals surface area contributed by atoms with Crippen LogP contribution in [0.1, 0.15) is 5.56 Å². The van der Waals surface area contributed by atoms with Crippen LogP contribution in [0, 0.1) is 11.6 Å². The molecule has 2 rings (SSSR count). The van der Waals surface area contributed by atoms with Crippen molar-refractivity contribution in [3.63, 3.8) is 0 Å². The SMILES string of the molecule is NCc1c(Cl)ccc(-c2ccc(F)c(F)c2)c1Cl. The first-order valence-corrected chi connectivity index (χ1v) is 5.92. The Balaban J connectivity index is 2.60. The van der Waals surface area contributed by atoms with Gasteiger partial charge in [0.15, 0.2) is 11.6 Å². The van der Waals surface area contributed by atoms with Gasteiger partial charge in [-0.2, -0.15) is 0 Å². The maximum atomic E-state index is 13.2. The quantitative estimate of drug-likeness (QED) is 0.871. The molecule has 2 N–H and O–H groups in total. The van der Waals surface area contributed by atoms with Crippen molar-refractivity contribution in [2.75, 3.05) is 0 Å². The zero-order valence-corrected chi connectivity index (χ0v) is 10.7. The Bertz CT molecular complexity index is 600. The van der Waals surface area contributed by atoms with Crippen molar-refractivity contribution in [3.05, 3.63) is 57.6 Å². The fourth-order valence-electron chi connectivity index (χ4n) is 1.67. The predicted molar refractivity (Wildman–Crippen MR) is 69.7 cm³/mol. The van der Waals surface area contributed by atoms with Gasteiger partial charge in [0.05, 0.1) is 5.02 Å². The molecule has 0 saturated carbocycles. The van der Waals surface area contributed by atoms with E-state index in [0.29, 0.717) is 26.7 Å². The van der Waals surface area contributed by atoms with Crippen molar-refractivity contribution >= 4 is 23.2 Å². The summed E-state index contributed by atoms with van der Waals surface area (Å²) < 4.78 is 26.1. The van der Waals surface area contributed by atoms with Crippen molar-refractivity contribution in [2.24, 2.45) is 5.73 Å². The van der Waals surface area contributed by atoms with Gasteiger partial charge in [0.2, 0.25) is 0 Å². The van der Waals surface area contributed by atoms with Gasteiger partial charge in [-0.05, 0) is 23.8 Å². The lowest BCUT2D eigenvalue weighted by Crippen LogP contribution is -1.99. The zero-order chi connectivity index (χ0) is 13.3. The van der Waals surface area contributed by atoms with Crippen molar-refractivity contribution < 1.29 is 8.78 Å². The molecule has 0 aliphatic carbocycles. The minimum atomic E-state index is -0.923. The second-order valence-corrected chi connectivity index (χ2v) is 4.51. The van der Waals surface area contributed by atoms with Crippen LogP contribution in [0.3, 0.4) is 0 Å². The largest absolute Gasteiger partial charge is 0.326 e. The van der Waals surface area contributed by atoms with Crippen LogP contribution in [0.15, 0.2) is 30.3 Å². The van der Waals surface area contributed by atoms with Crippen LogP contribution in [-0.4, -0.2) is 0 Å². The first-order chi connectivity index (χ1) is 8.54. The van der Waals surface area contributed by atoms with Gasteiger partial charge >= 0.3 is 0 Å². The molecule has 5 heteroatoms. The van der Waals surface area contributed by atoms with E-state index in [1.807, 2.05) is 0 Å². The van der Waals surface area contributed by atoms with E-state index in [1.54, 1.807) is 12.1 Å². The minimum Gasteiger partial charge on any atom is -0.326 e. The van der Waals surface area contributed by atoms with Crippen LogP contribution in [0.5, 0.6) is 0 Å². The molecule has 0 saturated heterocycles. The van der Waals surface area contributed by atoms with Gasteiger partial charge in [-0.3, -0.25) is 0 Å². The second kappa shape index (κ2) is 5.22. The summed E-state index contributed by atoms with van der Waals surface area (Å²) in [7, 11) is 0. The molecule has 0 fully saturated rings. The standard InChI is InChI=1S/C13H9Cl2F2N/c14-10-3-2-8(13(15)9(10)6-18)7-1-4-11(16)12(17)5-7/h1-5H,6,18H2. The topological polar surface area (TPSA) is 26.0 Å². The molecule has 0 spiro atoms. The Hall–Kier alpha value is -1.16. The third-order valence-electron chi connectivity index (χ3n) is 2.62. The molecular weight excluding hydrogens is 279 g/mol. The summed E-state index contributed by atoms with van der Waals surface area (Å²) >= 11 is 12.1. The average molecular weight is 288 g/mol. The van der Waals surface area contributed by atoms with Gasteiger partial charge in [-0.1, -0.05) is 35.3 Å². The highest BCUT2D eigenvalue weighted by Gasteiger charge is 2.12. The van der Waals surface area contributed by atoms with E-state index in [-0.39, 0.29) is 6.54 Å². The zero-order valence-electron chi connectivity index (χ0n) is 9.18. The normalized spacial score (nSPS) is 10.7. The third-order valence-corrected chi connectivity index (χ3v) is 3.41. The number of rotatable bonds is 2. The van der Waals surface area contributed by atoms with E-state index >= 15 is 0 Å². The molecule has 0 radical (unpaired) electrons. The Morgan fingerprint density at radius 3 is 2.33 bits per heavy atom. The molecule has 0 atom stereocenters. The highest BCUT2D eigenvalue weighted by molar-refractivity contribution is 6.37. The van der Waals surface area contributed by atoms with Gasteiger partial charge in [-0.15, -0.1) is 0 Å². The van der Waals surface area contributed by atoms with Crippen LogP contribution in [-0.2, 0) is 6.54 Å². The number of benzene rings is 2. The van der Waals surface area contributed by atoms with Crippen LogP contribution < -0.4 is 5.73 Å². The third kappa shape index (κ3) is 2.34. The highest BCUT2D eigenvalue weighted by Crippen LogP contribution is 2.35. The molecular formula is C13H9Cl2F2N. The molecule has 0 unspecified atom stereocenters. The lowest BCUT2D eigenvalue weighted by atomic mass is 10.0. The fourth-order valence-corrected chi connectivity index (χ4v) is 2.31. The molecule has 0 bridgehead atoms. The maximum Gasteiger partial charge on any atom is 0.159 e. The molecule has 0 amide bonds. The number of hydrogen-bond acceptors (Lipinski definition) is 1. The van der Waals surface area contributed by atoms with Gasteiger partial charge < -0.3 is 5.73 Å². The maximum absolute atomic E-state index is 13.2. The van der Waals surface area contributed by atoms with Crippen LogP contribution in [0.4, 0.5) is 8.78 Å². The summed E-state index contributed by atoms with van der Waals surface area (Å²) in [5.41, 5.74) is 7.18. The Morgan fingerprint density at radius 1 is 1.00 bits per heavy atom. The van der Waals surface area contributed by atoms with Gasteiger partial charge in [0.25, 0.3) is 0 Å². The summed E-state index contributed by atoms with van der Waals surface area (Å²) in [6.07, 6.45) is 0. The van der Waals surface area contributed by atoms with Crippen molar-refractivity contribution in [2.45, 2.75) is 6.54 Å². The molecule has 94 valence electrons. The molecule has 0 aliphatic rings. The summed E-state index contributed by atoms with van der Waals surface area (Å²) in [6.45, 7) is 0.176. The fraction of sp³-hybridized carbons (Fsp3) is 0.0769. The monoisotopic (exact) mass is 287 g/mol. The lowest BCUT2D eigenvalue weighted by molar-refractivity contribution is 0.509. The van der Waals surface area contributed by atoms with Crippen LogP contribution in [0.25, 0.3) is 11.1 Å². The van der Waals surface area contributed by atoms with E-state index in [0.717, 1.165) is 12.1 Å². The second-order valence-electron chi connectivity index (χ2n) is 3.72. The van der Waals surface area contributed by atoms with Gasteiger partial charge in [0.1, 0.15) is 0 Å². The van der Waals surface area contributed by atoms with Crippen molar-refractivity contribution in [1.82, 2.24) is 0 Å². The molecule has 1 nitrogen and oxygen atoms in total. The van der Waals surface area contributed by atoms with Crippen LogP contribution in [0.2, 0.25) is 10.0 Å². The van der Waals surface area contributed by atoms with Gasteiger partial charge in [-0.25, -0.2) is 8.78 Å². The Kier molecular flexibility index (Phi) is 3.85. The van der Waals surface area contributed by atoms with Crippen molar-refractivity contribution in [1.29, 1.82) is 0 Å². The number of halogens is 4. The molecule has 0 heterocycles. The number of nitrogens with two attached hydrogens (primary N) is 1. The number of hydrogen-bond donors (Lipinski definition) is 1. The first-order valence-electron chi connectivity index (χ1n) is 5.17. The van der Waals surface area contributed by atoms with Crippen LogP contribution >= 0.6 is 23.2 Å². The van der Waals surface area contributed by atoms with E-state index < -0.39 is 11.6 Å². The van der Waals surface area contributed by atoms with Crippen molar-refractivity contribution in [3.8, 4) is 11.1 Å². The smallest absolute Gasteiger partial charge is 0.159 e. The summed E-state index contributed by atoms with van der Waals surface area (Å²) in [4.78, 5) is 0. The highest BCUT2D eigenvalue weighted by atomic mass is 35.5. The molecule has 0 aromatic heterocycles. The average Bonchev–Trinajstić information content (AvgIpc) is 2.34. The first kappa shape index (κ1) is 13.3. The van der Waals surface area contributed by atoms with Gasteiger partial charge in [0, 0.05) is 22.7 Å². The Morgan fingerprint density at radius 2 is 1.72 bits per heavy atom. The van der Waals surface area contributed by atoms with E-state index in [9.17, 15) is 8.78 Å².